The molecule has 0 amide bonds. The average Bonchev–Trinajstić information content (AvgIpc) is 2.48. The fraction of sp³-hybridized carbons (Fsp3) is 1.00. The first-order chi connectivity index (χ1) is 6.08. The van der Waals surface area contributed by atoms with Crippen molar-refractivity contribution in [2.24, 2.45) is 11.3 Å². The van der Waals surface area contributed by atoms with E-state index >= 15 is 0 Å². The van der Waals surface area contributed by atoms with Crippen LogP contribution >= 0.6 is 0 Å². The number of unbranched alkanes of at least 4 members (excludes halogenated alkanes) is 1. The molecule has 2 aliphatic rings. The van der Waals surface area contributed by atoms with E-state index in [1.807, 2.05) is 0 Å². The van der Waals surface area contributed by atoms with Crippen molar-refractivity contribution in [3.63, 3.8) is 0 Å². The average molecular weight is 182 g/mol. The van der Waals surface area contributed by atoms with E-state index in [-0.39, 0.29) is 0 Å². The summed E-state index contributed by atoms with van der Waals surface area (Å²) in [5.74, 6) is 1.07. The maximum absolute atomic E-state index is 2.46. The molecule has 0 aromatic carbocycles. The standard InChI is InChI=1S/C12H24N/c1-5-7-8-13(6-2)9-10-11(13)12(10,3)4/h10-11H,5-9H2,1-4H3/q+1. The van der Waals surface area contributed by atoms with E-state index in [0.717, 1.165) is 12.0 Å². The third-order valence-corrected chi connectivity index (χ3v) is 4.73. The first kappa shape index (κ1) is 9.51. The quantitative estimate of drug-likeness (QED) is 0.586. The van der Waals surface area contributed by atoms with Gasteiger partial charge in [0.25, 0.3) is 0 Å². The van der Waals surface area contributed by atoms with Crippen molar-refractivity contribution in [3.05, 3.63) is 0 Å². The zero-order chi connectivity index (χ0) is 9.69. The topological polar surface area (TPSA) is 0 Å². The van der Waals surface area contributed by atoms with Gasteiger partial charge in [-0.05, 0) is 13.3 Å². The highest BCUT2D eigenvalue weighted by Gasteiger charge is 2.77. The Hall–Kier alpha value is -0.0400. The Morgan fingerprint density at radius 3 is 2.31 bits per heavy atom. The molecule has 76 valence electrons. The van der Waals surface area contributed by atoms with Gasteiger partial charge < -0.3 is 4.48 Å². The molecule has 1 saturated heterocycles. The summed E-state index contributed by atoms with van der Waals surface area (Å²) in [6.07, 6.45) is 2.78. The summed E-state index contributed by atoms with van der Waals surface area (Å²) < 4.78 is 1.45. The van der Waals surface area contributed by atoms with E-state index in [2.05, 4.69) is 27.7 Å². The number of nitrogens with zero attached hydrogens (tertiary/aromatic N) is 1. The monoisotopic (exact) mass is 182 g/mol. The molecule has 2 rings (SSSR count). The van der Waals surface area contributed by atoms with Gasteiger partial charge in [0.15, 0.2) is 0 Å². The molecule has 0 aromatic heterocycles. The Balaban J connectivity index is 1.97. The molecule has 3 atom stereocenters. The van der Waals surface area contributed by atoms with Crippen LogP contribution in [0.3, 0.4) is 0 Å². The molecule has 1 heteroatoms. The van der Waals surface area contributed by atoms with Gasteiger partial charge in [-0.1, -0.05) is 27.2 Å². The van der Waals surface area contributed by atoms with E-state index in [4.69, 9.17) is 0 Å². The van der Waals surface area contributed by atoms with Gasteiger partial charge in [0, 0.05) is 5.41 Å². The molecule has 0 aromatic rings. The Kier molecular flexibility index (Phi) is 1.99. The van der Waals surface area contributed by atoms with Crippen molar-refractivity contribution < 1.29 is 4.48 Å². The van der Waals surface area contributed by atoms with Crippen LogP contribution in [0.15, 0.2) is 0 Å². The predicted molar refractivity (Wildman–Crippen MR) is 56.5 cm³/mol. The second-order valence-electron chi connectivity index (χ2n) is 5.67. The molecule has 13 heavy (non-hydrogen) atoms. The first-order valence-corrected chi connectivity index (χ1v) is 5.94. The highest BCUT2D eigenvalue weighted by molar-refractivity contribution is 5.13. The number of hydrogen-bond donors (Lipinski definition) is 0. The normalized spacial score (nSPS) is 45.2. The molecule has 1 aliphatic carbocycles. The van der Waals surface area contributed by atoms with Gasteiger partial charge in [-0.25, -0.2) is 0 Å². The summed E-state index contributed by atoms with van der Waals surface area (Å²) in [4.78, 5) is 0. The molecule has 1 saturated carbocycles. The van der Waals surface area contributed by atoms with Crippen molar-refractivity contribution in [2.75, 3.05) is 19.6 Å². The van der Waals surface area contributed by atoms with Crippen LogP contribution < -0.4 is 0 Å². The molecule has 1 aliphatic heterocycles. The van der Waals surface area contributed by atoms with Gasteiger partial charge in [0.2, 0.25) is 0 Å². The Labute approximate surface area is 82.7 Å². The van der Waals surface area contributed by atoms with Crippen LogP contribution in [0.5, 0.6) is 0 Å². The smallest absolute Gasteiger partial charge is 0.104 e. The lowest BCUT2D eigenvalue weighted by molar-refractivity contribution is -0.970. The van der Waals surface area contributed by atoms with Crippen LogP contribution in [0, 0.1) is 11.3 Å². The second kappa shape index (κ2) is 2.73. The lowest BCUT2D eigenvalue weighted by atomic mass is 10.1. The summed E-state index contributed by atoms with van der Waals surface area (Å²) >= 11 is 0. The largest absolute Gasteiger partial charge is 0.320 e. The number of fused-ring (bicyclic) bond motifs is 1. The van der Waals surface area contributed by atoms with Crippen molar-refractivity contribution in [1.82, 2.24) is 0 Å². The molecule has 0 radical (unpaired) electrons. The minimum atomic E-state index is 0.684. The summed E-state index contributed by atoms with van der Waals surface area (Å²) in [6, 6.07) is 1.03. The molecular formula is C12H24N+. The number of likely N-dealkylation sites (tertiary alicyclic amines) is 1. The van der Waals surface area contributed by atoms with Crippen molar-refractivity contribution >= 4 is 0 Å². The van der Waals surface area contributed by atoms with Crippen LogP contribution in [0.2, 0.25) is 0 Å². The van der Waals surface area contributed by atoms with Crippen LogP contribution in [-0.2, 0) is 0 Å². The Morgan fingerprint density at radius 1 is 1.31 bits per heavy atom. The van der Waals surface area contributed by atoms with Gasteiger partial charge >= 0.3 is 0 Å². The van der Waals surface area contributed by atoms with Gasteiger partial charge in [-0.15, -0.1) is 0 Å². The van der Waals surface area contributed by atoms with Crippen molar-refractivity contribution in [3.8, 4) is 0 Å². The minimum absolute atomic E-state index is 0.684. The van der Waals surface area contributed by atoms with E-state index in [1.54, 1.807) is 0 Å². The zero-order valence-corrected chi connectivity index (χ0v) is 9.64. The Bertz CT molecular complexity index is 209. The van der Waals surface area contributed by atoms with Crippen molar-refractivity contribution in [1.29, 1.82) is 0 Å². The first-order valence-electron chi connectivity index (χ1n) is 5.94. The fourth-order valence-corrected chi connectivity index (χ4v) is 3.69. The lowest BCUT2D eigenvalue weighted by Crippen LogP contribution is -2.59. The van der Waals surface area contributed by atoms with Gasteiger partial charge in [-0.2, -0.15) is 0 Å². The van der Waals surface area contributed by atoms with Crippen molar-refractivity contribution in [2.45, 2.75) is 46.6 Å². The number of quaternary nitrogens is 1. The molecule has 3 unspecified atom stereocenters. The predicted octanol–water partition coefficient (Wildman–Crippen LogP) is 2.66. The maximum atomic E-state index is 2.46. The SMILES string of the molecule is CCCC[N+]1(CC)CC2C1C2(C)C. The fourth-order valence-electron chi connectivity index (χ4n) is 3.69. The van der Waals surface area contributed by atoms with Gasteiger partial charge in [0.1, 0.15) is 6.04 Å². The molecule has 1 heterocycles. The van der Waals surface area contributed by atoms with Gasteiger partial charge in [0.05, 0.1) is 25.6 Å². The highest BCUT2D eigenvalue weighted by atomic mass is 15.5. The highest BCUT2D eigenvalue weighted by Crippen LogP contribution is 2.66. The molecule has 2 fully saturated rings. The van der Waals surface area contributed by atoms with Crippen LogP contribution in [0.25, 0.3) is 0 Å². The van der Waals surface area contributed by atoms with Crippen LogP contribution in [-0.4, -0.2) is 30.2 Å². The lowest BCUT2D eigenvalue weighted by Gasteiger charge is -2.45. The Morgan fingerprint density at radius 2 is 2.00 bits per heavy atom. The zero-order valence-electron chi connectivity index (χ0n) is 9.64. The molecule has 0 N–H and O–H groups in total. The maximum Gasteiger partial charge on any atom is 0.104 e. The molecule has 1 nitrogen and oxygen atoms in total. The summed E-state index contributed by atoms with van der Waals surface area (Å²) in [7, 11) is 0. The van der Waals surface area contributed by atoms with Crippen LogP contribution in [0.4, 0.5) is 0 Å². The number of hydrogen-bond acceptors (Lipinski definition) is 0. The second-order valence-corrected chi connectivity index (χ2v) is 5.67. The van der Waals surface area contributed by atoms with E-state index < -0.39 is 0 Å². The van der Waals surface area contributed by atoms with E-state index in [0.29, 0.717) is 5.41 Å². The molecular weight excluding hydrogens is 158 g/mol. The third-order valence-electron chi connectivity index (χ3n) is 4.73. The molecule has 0 bridgehead atoms. The summed E-state index contributed by atoms with van der Waals surface area (Å²) in [5.41, 5.74) is 0.684. The van der Waals surface area contributed by atoms with E-state index in [9.17, 15) is 0 Å². The summed E-state index contributed by atoms with van der Waals surface area (Å²) in [6.45, 7) is 13.9. The van der Waals surface area contributed by atoms with Gasteiger partial charge in [-0.3, -0.25) is 0 Å². The molecule has 0 spiro atoms. The summed E-state index contributed by atoms with van der Waals surface area (Å²) in [5, 5.41) is 0. The third kappa shape index (κ3) is 1.09. The van der Waals surface area contributed by atoms with E-state index in [1.165, 1.54) is 37.0 Å². The number of rotatable bonds is 4. The minimum Gasteiger partial charge on any atom is -0.320 e. The van der Waals surface area contributed by atoms with Crippen LogP contribution in [0.1, 0.15) is 40.5 Å².